The number of nitrogens with one attached hydrogen (secondary N) is 4. The molecule has 0 radical (unpaired) electrons. The van der Waals surface area contributed by atoms with Gasteiger partial charge in [-0.2, -0.15) is 0 Å². The Labute approximate surface area is 330 Å². The first-order valence-corrected chi connectivity index (χ1v) is 20.3. The van der Waals surface area contributed by atoms with Crippen LogP contribution in [-0.2, 0) is 24.3 Å². The average Bonchev–Trinajstić information content (AvgIpc) is 3.13. The molecule has 1 atom stereocenters. The summed E-state index contributed by atoms with van der Waals surface area (Å²) < 4.78 is 45.9. The van der Waals surface area contributed by atoms with Gasteiger partial charge in [0.2, 0.25) is 5.91 Å². The van der Waals surface area contributed by atoms with Gasteiger partial charge in [0.15, 0.2) is 5.75 Å². The van der Waals surface area contributed by atoms with E-state index in [1.165, 1.54) is 24.3 Å². The molecule has 1 fully saturated rings. The maximum absolute atomic E-state index is 13.5. The molecule has 4 N–H and O–H groups in total. The number of hydrogen-bond acceptors (Lipinski definition) is 9. The number of rotatable bonds is 15. The number of para-hydroxylation sites is 3. The zero-order valence-corrected chi connectivity index (χ0v) is 33.9. The summed E-state index contributed by atoms with van der Waals surface area (Å²) in [7, 11) is -4.07. The summed E-state index contributed by atoms with van der Waals surface area (Å²) in [5.74, 6) is 0.0649. The van der Waals surface area contributed by atoms with Crippen molar-refractivity contribution in [2.75, 3.05) is 30.9 Å². The lowest BCUT2D eigenvalue weighted by Crippen LogP contribution is -2.49. The van der Waals surface area contributed by atoms with Gasteiger partial charge in [0.1, 0.15) is 23.0 Å². The predicted octanol–water partition coefficient (Wildman–Crippen LogP) is 6.84. The van der Waals surface area contributed by atoms with Gasteiger partial charge in [0.25, 0.3) is 15.9 Å². The topological polar surface area (TPSA) is 181 Å². The van der Waals surface area contributed by atoms with Crippen molar-refractivity contribution in [3.8, 4) is 11.5 Å². The first-order valence-electron chi connectivity index (χ1n) is 18.9. The molecule has 4 amide bonds. The van der Waals surface area contributed by atoms with Gasteiger partial charge in [-0.3, -0.25) is 14.3 Å². The molecule has 14 nitrogen and oxygen atoms in total. The number of amides is 4. The van der Waals surface area contributed by atoms with E-state index < -0.39 is 39.3 Å². The Bertz CT molecular complexity index is 1880. The van der Waals surface area contributed by atoms with E-state index >= 15 is 0 Å². The van der Waals surface area contributed by atoms with Crippen molar-refractivity contribution in [1.29, 1.82) is 0 Å². The largest absolute Gasteiger partial charge is 0.455 e. The number of carbonyl (C=O) groups excluding carboxylic acids is 4. The van der Waals surface area contributed by atoms with Crippen molar-refractivity contribution < 1.29 is 41.8 Å². The van der Waals surface area contributed by atoms with Crippen LogP contribution in [0.1, 0.15) is 84.0 Å². The van der Waals surface area contributed by atoms with Crippen LogP contribution in [0.5, 0.6) is 11.5 Å². The average molecular weight is 794 g/mol. The number of carbonyl (C=O) groups is 4. The summed E-state index contributed by atoms with van der Waals surface area (Å²) in [5, 5.41) is 8.48. The minimum atomic E-state index is -4.07. The molecule has 3 aromatic carbocycles. The molecule has 0 bridgehead atoms. The molecule has 1 aliphatic heterocycles. The first-order chi connectivity index (χ1) is 26.4. The second-order valence-corrected chi connectivity index (χ2v) is 17.3. The summed E-state index contributed by atoms with van der Waals surface area (Å²) in [6.45, 7) is 12.5. The lowest BCUT2D eigenvalue weighted by Gasteiger charge is -2.33. The SMILES string of the molecule is CC(C)(C)OC(=O)NCCCC[C@H](NC(=O)c1ccc(S(=O)(=O)Nc2ccccc2Oc2ccccc2)cc1)C(=O)NCC1CCN(C(=O)OC(C)(C)C)CC1. The maximum Gasteiger partial charge on any atom is 0.410 e. The molecule has 56 heavy (non-hydrogen) atoms. The third kappa shape index (κ3) is 14.4. The first kappa shape index (κ1) is 43.4. The second kappa shape index (κ2) is 19.5. The number of hydrogen-bond donors (Lipinski definition) is 4. The summed E-state index contributed by atoms with van der Waals surface area (Å²) in [5.41, 5.74) is -0.820. The Hall–Kier alpha value is -5.31. The Morgan fingerprint density at radius 1 is 0.786 bits per heavy atom. The fourth-order valence-corrected chi connectivity index (χ4v) is 6.82. The molecule has 0 spiro atoms. The smallest absolute Gasteiger partial charge is 0.410 e. The monoisotopic (exact) mass is 793 g/mol. The van der Waals surface area contributed by atoms with Gasteiger partial charge in [0, 0.05) is 31.7 Å². The van der Waals surface area contributed by atoms with E-state index in [1.54, 1.807) is 62.1 Å². The van der Waals surface area contributed by atoms with Gasteiger partial charge in [-0.05, 0) is 128 Å². The molecule has 4 rings (SSSR count). The number of nitrogens with zero attached hydrogens (tertiary/aromatic N) is 1. The molecule has 15 heteroatoms. The van der Waals surface area contributed by atoms with Gasteiger partial charge < -0.3 is 35.1 Å². The zero-order valence-electron chi connectivity index (χ0n) is 33.1. The third-order valence-corrected chi connectivity index (χ3v) is 9.95. The van der Waals surface area contributed by atoms with Crippen LogP contribution >= 0.6 is 0 Å². The van der Waals surface area contributed by atoms with E-state index in [0.29, 0.717) is 63.4 Å². The molecule has 0 aliphatic carbocycles. The quantitative estimate of drug-likeness (QED) is 0.120. The Morgan fingerprint density at radius 2 is 1.41 bits per heavy atom. The van der Waals surface area contributed by atoms with Crippen LogP contribution in [0.4, 0.5) is 15.3 Å². The van der Waals surface area contributed by atoms with Crippen LogP contribution < -0.4 is 25.4 Å². The predicted molar refractivity (Wildman–Crippen MR) is 213 cm³/mol. The van der Waals surface area contributed by atoms with Gasteiger partial charge in [-0.1, -0.05) is 30.3 Å². The lowest BCUT2D eigenvalue weighted by molar-refractivity contribution is -0.123. The molecule has 1 saturated heterocycles. The molecule has 304 valence electrons. The fraction of sp³-hybridized carbons (Fsp3) is 0.463. The number of alkyl carbamates (subject to hydrolysis) is 1. The molecule has 0 unspecified atom stereocenters. The molecule has 1 heterocycles. The minimum absolute atomic E-state index is 0.0759. The highest BCUT2D eigenvalue weighted by Crippen LogP contribution is 2.31. The number of benzene rings is 3. The lowest BCUT2D eigenvalue weighted by atomic mass is 9.96. The standard InChI is InChI=1S/C41H55N5O9S/c1-40(2,3)54-38(49)42-25-13-12-17-34(37(48)43-28-29-23-26-46(27-24-29)39(50)55-41(4,5)6)44-36(47)30-19-21-32(22-20-30)56(51,52)45-33-16-10-11-18-35(33)53-31-14-8-7-9-15-31/h7-11,14-16,18-22,29,34,45H,12-13,17,23-28H2,1-6H3,(H,42,49)(H,43,48)(H,44,47)/t34-/m0/s1. The Morgan fingerprint density at radius 3 is 2.05 bits per heavy atom. The van der Waals surface area contributed by atoms with Crippen molar-refractivity contribution in [3.63, 3.8) is 0 Å². The van der Waals surface area contributed by atoms with Gasteiger partial charge in [0.05, 0.1) is 10.6 Å². The number of piperidine rings is 1. The fourth-order valence-electron chi connectivity index (χ4n) is 5.75. The van der Waals surface area contributed by atoms with E-state index in [2.05, 4.69) is 20.7 Å². The molecule has 0 saturated carbocycles. The normalized spacial score (nSPS) is 14.2. The van der Waals surface area contributed by atoms with E-state index in [9.17, 15) is 27.6 Å². The highest BCUT2D eigenvalue weighted by Gasteiger charge is 2.28. The van der Waals surface area contributed by atoms with E-state index in [1.807, 2.05) is 39.0 Å². The van der Waals surface area contributed by atoms with Crippen LogP contribution in [0.25, 0.3) is 0 Å². The molecule has 0 aromatic heterocycles. The van der Waals surface area contributed by atoms with Crippen molar-refractivity contribution in [2.45, 2.75) is 95.8 Å². The second-order valence-electron chi connectivity index (χ2n) is 15.6. The number of likely N-dealkylation sites (tertiary alicyclic amines) is 1. The summed E-state index contributed by atoms with van der Waals surface area (Å²) in [6.07, 6.45) is 1.78. The van der Waals surface area contributed by atoms with Crippen molar-refractivity contribution >= 4 is 39.7 Å². The molecular formula is C41H55N5O9S. The number of ether oxygens (including phenoxy) is 3. The molecule has 3 aromatic rings. The summed E-state index contributed by atoms with van der Waals surface area (Å²) in [4.78, 5) is 53.1. The van der Waals surface area contributed by atoms with Crippen molar-refractivity contribution in [1.82, 2.24) is 20.9 Å². The van der Waals surface area contributed by atoms with Crippen molar-refractivity contribution in [3.05, 3.63) is 84.4 Å². The van der Waals surface area contributed by atoms with Crippen LogP contribution in [-0.4, -0.2) is 80.7 Å². The number of sulfonamides is 1. The highest BCUT2D eigenvalue weighted by molar-refractivity contribution is 7.92. The van der Waals surface area contributed by atoms with E-state index in [0.717, 1.165) is 0 Å². The molecule has 1 aliphatic rings. The molecular weight excluding hydrogens is 739 g/mol. The van der Waals surface area contributed by atoms with Crippen LogP contribution in [0, 0.1) is 5.92 Å². The van der Waals surface area contributed by atoms with Crippen LogP contribution in [0.2, 0.25) is 0 Å². The van der Waals surface area contributed by atoms with Crippen molar-refractivity contribution in [2.24, 2.45) is 5.92 Å². The van der Waals surface area contributed by atoms with Gasteiger partial charge >= 0.3 is 12.2 Å². The van der Waals surface area contributed by atoms with E-state index in [-0.39, 0.29) is 40.5 Å². The zero-order chi connectivity index (χ0) is 40.9. The number of unbranched alkanes of at least 4 members (excludes halogenated alkanes) is 1. The highest BCUT2D eigenvalue weighted by atomic mass is 32.2. The van der Waals surface area contributed by atoms with Gasteiger partial charge in [-0.25, -0.2) is 18.0 Å². The minimum Gasteiger partial charge on any atom is -0.455 e. The summed E-state index contributed by atoms with van der Waals surface area (Å²) in [6, 6.07) is 20.1. The Kier molecular flexibility index (Phi) is 15.1. The third-order valence-electron chi connectivity index (χ3n) is 8.57. The van der Waals surface area contributed by atoms with Crippen LogP contribution in [0.15, 0.2) is 83.8 Å². The van der Waals surface area contributed by atoms with Gasteiger partial charge in [-0.15, -0.1) is 0 Å². The van der Waals surface area contributed by atoms with Crippen LogP contribution in [0.3, 0.4) is 0 Å². The van der Waals surface area contributed by atoms with E-state index in [4.69, 9.17) is 14.2 Å². The maximum atomic E-state index is 13.5. The number of anilines is 1. The summed E-state index contributed by atoms with van der Waals surface area (Å²) >= 11 is 0. The Balaban J connectivity index is 1.37.